The second-order valence-corrected chi connectivity index (χ2v) is 7.31. The fourth-order valence-electron chi connectivity index (χ4n) is 2.10. The summed E-state index contributed by atoms with van der Waals surface area (Å²) >= 11 is 0. The molecule has 0 saturated carbocycles. The molecule has 0 aliphatic heterocycles. The smallest absolute Gasteiger partial charge is 0.292 e. The number of nitrogens with zero attached hydrogens (tertiary/aromatic N) is 1. The minimum Gasteiger partial charge on any atom is -0.379 e. The second-order valence-electron chi connectivity index (χ2n) is 5.30. The van der Waals surface area contributed by atoms with E-state index in [9.17, 15) is 23.3 Å². The van der Waals surface area contributed by atoms with Crippen LogP contribution in [0.15, 0.2) is 53.4 Å². The van der Waals surface area contributed by atoms with Crippen molar-refractivity contribution in [1.29, 1.82) is 0 Å². The number of carbonyl (C=O) groups is 1. The van der Waals surface area contributed by atoms with Crippen LogP contribution in [0.3, 0.4) is 0 Å². The zero-order chi connectivity index (χ0) is 18.4. The Hall–Kier alpha value is -2.94. The molecule has 2 N–H and O–H groups in total. The molecule has 0 heterocycles. The standard InChI is InChI=1S/C16H17N3O5S/c1-25(23,24)13-8-6-12(7-9-13)18-16(20)10-11-17-14-4-2-3-5-15(14)19(21)22/h2-9,17H,10-11H2,1H3,(H,18,20). The van der Waals surface area contributed by atoms with Crippen LogP contribution >= 0.6 is 0 Å². The lowest BCUT2D eigenvalue weighted by molar-refractivity contribution is -0.384. The third-order valence-corrected chi connectivity index (χ3v) is 4.46. The molecule has 0 aliphatic carbocycles. The van der Waals surface area contributed by atoms with E-state index in [0.717, 1.165) is 6.26 Å². The zero-order valence-corrected chi connectivity index (χ0v) is 14.2. The number of amides is 1. The maximum atomic E-state index is 11.9. The quantitative estimate of drug-likeness (QED) is 0.576. The zero-order valence-electron chi connectivity index (χ0n) is 13.4. The van der Waals surface area contributed by atoms with E-state index in [-0.39, 0.29) is 29.5 Å². The number of hydrogen-bond acceptors (Lipinski definition) is 6. The monoisotopic (exact) mass is 363 g/mol. The molecule has 0 aromatic heterocycles. The van der Waals surface area contributed by atoms with Crippen molar-refractivity contribution in [2.75, 3.05) is 23.4 Å². The Labute approximate surface area is 144 Å². The molecule has 0 unspecified atom stereocenters. The van der Waals surface area contributed by atoms with Gasteiger partial charge in [0.1, 0.15) is 5.69 Å². The van der Waals surface area contributed by atoms with Crippen LogP contribution in [0.25, 0.3) is 0 Å². The molecule has 0 spiro atoms. The summed E-state index contributed by atoms with van der Waals surface area (Å²) in [7, 11) is -3.28. The highest BCUT2D eigenvalue weighted by Crippen LogP contribution is 2.23. The Bertz CT molecular complexity index is 879. The van der Waals surface area contributed by atoms with Crippen LogP contribution in [0, 0.1) is 10.1 Å². The molecule has 2 aromatic rings. The van der Waals surface area contributed by atoms with Gasteiger partial charge >= 0.3 is 0 Å². The van der Waals surface area contributed by atoms with E-state index in [1.807, 2.05) is 0 Å². The number of nitrogens with one attached hydrogen (secondary N) is 2. The summed E-state index contributed by atoms with van der Waals surface area (Å²) in [5, 5.41) is 16.4. The van der Waals surface area contributed by atoms with E-state index in [1.165, 1.54) is 30.3 Å². The van der Waals surface area contributed by atoms with E-state index >= 15 is 0 Å². The third-order valence-electron chi connectivity index (χ3n) is 3.33. The van der Waals surface area contributed by atoms with Crippen molar-refractivity contribution < 1.29 is 18.1 Å². The van der Waals surface area contributed by atoms with Gasteiger partial charge in [-0.15, -0.1) is 0 Å². The Morgan fingerprint density at radius 3 is 2.36 bits per heavy atom. The van der Waals surface area contributed by atoms with Crippen molar-refractivity contribution >= 4 is 32.8 Å². The van der Waals surface area contributed by atoms with Crippen LogP contribution in [0.2, 0.25) is 0 Å². The molecular formula is C16H17N3O5S. The van der Waals surface area contributed by atoms with Crippen LogP contribution in [0.4, 0.5) is 17.1 Å². The second kappa shape index (κ2) is 7.75. The summed E-state index contributed by atoms with van der Waals surface area (Å²) in [5.74, 6) is -0.293. The van der Waals surface area contributed by atoms with Crippen LogP contribution in [-0.2, 0) is 14.6 Å². The van der Waals surface area contributed by atoms with E-state index in [4.69, 9.17) is 0 Å². The van der Waals surface area contributed by atoms with Crippen LogP contribution in [0.1, 0.15) is 6.42 Å². The minimum atomic E-state index is -3.28. The summed E-state index contributed by atoms with van der Waals surface area (Å²) in [6.45, 7) is 0.220. The Morgan fingerprint density at radius 2 is 1.76 bits per heavy atom. The largest absolute Gasteiger partial charge is 0.379 e. The molecule has 0 atom stereocenters. The Balaban J connectivity index is 1.88. The van der Waals surface area contributed by atoms with Gasteiger partial charge in [-0.2, -0.15) is 0 Å². The molecule has 9 heteroatoms. The average molecular weight is 363 g/mol. The lowest BCUT2D eigenvalue weighted by atomic mass is 10.2. The summed E-state index contributed by atoms with van der Waals surface area (Å²) < 4.78 is 22.7. The maximum absolute atomic E-state index is 11.9. The van der Waals surface area contributed by atoms with Crippen LogP contribution < -0.4 is 10.6 Å². The summed E-state index contributed by atoms with van der Waals surface area (Å²) in [6.07, 6.45) is 1.20. The topological polar surface area (TPSA) is 118 Å². The highest BCUT2D eigenvalue weighted by molar-refractivity contribution is 7.90. The van der Waals surface area contributed by atoms with Crippen LogP contribution in [0.5, 0.6) is 0 Å². The van der Waals surface area contributed by atoms with E-state index in [2.05, 4.69) is 10.6 Å². The number of carbonyl (C=O) groups excluding carboxylic acids is 1. The molecule has 132 valence electrons. The lowest BCUT2D eigenvalue weighted by Crippen LogP contribution is -2.16. The van der Waals surface area contributed by atoms with Crippen molar-refractivity contribution in [2.24, 2.45) is 0 Å². The van der Waals surface area contributed by atoms with Gasteiger partial charge in [0.25, 0.3) is 5.69 Å². The lowest BCUT2D eigenvalue weighted by Gasteiger charge is -2.08. The van der Waals surface area contributed by atoms with Gasteiger partial charge in [0.2, 0.25) is 5.91 Å². The fourth-order valence-corrected chi connectivity index (χ4v) is 2.73. The molecule has 0 saturated heterocycles. The predicted molar refractivity (Wildman–Crippen MR) is 94.4 cm³/mol. The number of anilines is 2. The summed E-state index contributed by atoms with van der Waals surface area (Å²) in [6, 6.07) is 12.0. The Morgan fingerprint density at radius 1 is 1.12 bits per heavy atom. The van der Waals surface area contributed by atoms with Gasteiger partial charge in [0.05, 0.1) is 9.82 Å². The van der Waals surface area contributed by atoms with Crippen molar-refractivity contribution in [1.82, 2.24) is 0 Å². The number of sulfone groups is 1. The molecule has 2 rings (SSSR count). The van der Waals surface area contributed by atoms with Gasteiger partial charge < -0.3 is 10.6 Å². The van der Waals surface area contributed by atoms with Crippen molar-refractivity contribution in [3.8, 4) is 0 Å². The fraction of sp³-hybridized carbons (Fsp3) is 0.188. The molecule has 8 nitrogen and oxygen atoms in total. The van der Waals surface area contributed by atoms with Gasteiger partial charge in [-0.1, -0.05) is 12.1 Å². The molecule has 25 heavy (non-hydrogen) atoms. The maximum Gasteiger partial charge on any atom is 0.292 e. The molecular weight excluding hydrogens is 346 g/mol. The first-order valence-corrected chi connectivity index (χ1v) is 9.24. The number of rotatable bonds is 7. The van der Waals surface area contributed by atoms with Gasteiger partial charge in [-0.3, -0.25) is 14.9 Å². The molecule has 0 bridgehead atoms. The van der Waals surface area contributed by atoms with Gasteiger partial charge in [0.15, 0.2) is 9.84 Å². The van der Waals surface area contributed by atoms with E-state index < -0.39 is 14.8 Å². The first-order valence-electron chi connectivity index (χ1n) is 7.34. The third kappa shape index (κ3) is 5.28. The molecule has 0 radical (unpaired) electrons. The number of benzene rings is 2. The van der Waals surface area contributed by atoms with Crippen molar-refractivity contribution in [3.63, 3.8) is 0 Å². The molecule has 0 fully saturated rings. The molecule has 2 aromatic carbocycles. The highest BCUT2D eigenvalue weighted by atomic mass is 32.2. The van der Waals surface area contributed by atoms with E-state index in [1.54, 1.807) is 18.2 Å². The summed E-state index contributed by atoms with van der Waals surface area (Å²) in [4.78, 5) is 22.5. The highest BCUT2D eigenvalue weighted by Gasteiger charge is 2.12. The van der Waals surface area contributed by atoms with Crippen molar-refractivity contribution in [3.05, 3.63) is 58.6 Å². The normalized spacial score (nSPS) is 10.9. The van der Waals surface area contributed by atoms with Crippen LogP contribution in [-0.4, -0.2) is 32.0 Å². The number of hydrogen-bond donors (Lipinski definition) is 2. The first-order chi connectivity index (χ1) is 11.8. The number of para-hydroxylation sites is 2. The molecule has 0 aliphatic rings. The van der Waals surface area contributed by atoms with Gasteiger partial charge in [-0.05, 0) is 30.3 Å². The number of nitro benzene ring substituents is 1. The SMILES string of the molecule is CS(=O)(=O)c1ccc(NC(=O)CCNc2ccccc2[N+](=O)[O-])cc1. The van der Waals surface area contributed by atoms with Crippen molar-refractivity contribution in [2.45, 2.75) is 11.3 Å². The minimum absolute atomic E-state index is 0.0562. The summed E-state index contributed by atoms with van der Waals surface area (Å²) in [5.41, 5.74) is 0.764. The van der Waals surface area contributed by atoms with E-state index in [0.29, 0.717) is 11.4 Å². The predicted octanol–water partition coefficient (Wildman–Crippen LogP) is 2.44. The van der Waals surface area contributed by atoms with Gasteiger partial charge in [-0.25, -0.2) is 8.42 Å². The first kappa shape index (κ1) is 18.4. The Kier molecular flexibility index (Phi) is 5.71. The average Bonchev–Trinajstić information content (AvgIpc) is 2.55. The van der Waals surface area contributed by atoms with Gasteiger partial charge in [0, 0.05) is 31.0 Å². The number of nitro groups is 1. The molecule has 1 amide bonds.